The predicted molar refractivity (Wildman–Crippen MR) is 91.9 cm³/mol. The van der Waals surface area contributed by atoms with Crippen molar-refractivity contribution in [1.29, 1.82) is 0 Å². The van der Waals surface area contributed by atoms with Gasteiger partial charge in [0.1, 0.15) is 0 Å². The molecule has 0 saturated heterocycles. The zero-order chi connectivity index (χ0) is 16.7. The topological polar surface area (TPSA) is 58.2 Å². The highest BCUT2D eigenvalue weighted by atomic mass is 35.5. The minimum atomic E-state index is -0.191. The van der Waals surface area contributed by atoms with Gasteiger partial charge < -0.3 is 10.6 Å². The van der Waals surface area contributed by atoms with E-state index in [4.69, 9.17) is 11.6 Å². The summed E-state index contributed by atoms with van der Waals surface area (Å²) < 4.78 is 0. The third kappa shape index (κ3) is 5.11. The summed E-state index contributed by atoms with van der Waals surface area (Å²) in [6, 6.07) is 14.1. The Bertz CT molecular complexity index is 666. The maximum atomic E-state index is 12.0. The van der Waals surface area contributed by atoms with Crippen LogP contribution in [-0.2, 0) is 6.42 Å². The Morgan fingerprint density at radius 1 is 0.826 bits per heavy atom. The Labute approximate surface area is 140 Å². The zero-order valence-corrected chi connectivity index (χ0v) is 13.7. The fraction of sp³-hybridized carbons (Fsp3) is 0.222. The molecule has 23 heavy (non-hydrogen) atoms. The van der Waals surface area contributed by atoms with Gasteiger partial charge in [-0.2, -0.15) is 0 Å². The van der Waals surface area contributed by atoms with Gasteiger partial charge in [-0.1, -0.05) is 30.7 Å². The van der Waals surface area contributed by atoms with E-state index in [0.717, 1.165) is 6.42 Å². The lowest BCUT2D eigenvalue weighted by Gasteiger charge is -2.08. The molecule has 0 atom stereocenters. The molecule has 0 saturated carbocycles. The fourth-order valence-corrected chi connectivity index (χ4v) is 2.18. The minimum Gasteiger partial charge on any atom is -0.350 e. The van der Waals surface area contributed by atoms with Crippen LogP contribution in [0.15, 0.2) is 48.5 Å². The average molecular weight is 331 g/mol. The van der Waals surface area contributed by atoms with Crippen LogP contribution in [0, 0.1) is 0 Å². The number of benzene rings is 2. The van der Waals surface area contributed by atoms with Gasteiger partial charge in [-0.05, 0) is 48.4 Å². The Kier molecular flexibility index (Phi) is 6.18. The molecule has 2 aromatic rings. The quantitative estimate of drug-likeness (QED) is 0.800. The molecule has 120 valence electrons. The van der Waals surface area contributed by atoms with Crippen molar-refractivity contribution >= 4 is 23.4 Å². The molecule has 0 unspecified atom stereocenters. The molecular weight excluding hydrogens is 312 g/mol. The normalized spacial score (nSPS) is 10.2. The van der Waals surface area contributed by atoms with E-state index in [1.54, 1.807) is 36.4 Å². The van der Waals surface area contributed by atoms with Crippen molar-refractivity contribution in [2.75, 3.05) is 13.1 Å². The molecule has 0 aliphatic rings. The van der Waals surface area contributed by atoms with Crippen LogP contribution in [0.5, 0.6) is 0 Å². The number of carbonyl (C=O) groups excluding carboxylic acids is 2. The second kappa shape index (κ2) is 8.34. The standard InChI is InChI=1S/C18H19ClN2O2/c1-2-13-3-5-14(6-4-13)17(22)20-11-12-21-18(23)15-7-9-16(19)10-8-15/h3-10H,2,11-12H2,1H3,(H,20,22)(H,21,23). The summed E-state index contributed by atoms with van der Waals surface area (Å²) in [4.78, 5) is 23.8. The SMILES string of the molecule is CCc1ccc(C(=O)NCCNC(=O)c2ccc(Cl)cc2)cc1. The first-order valence-electron chi connectivity index (χ1n) is 7.51. The van der Waals surface area contributed by atoms with Gasteiger partial charge >= 0.3 is 0 Å². The van der Waals surface area contributed by atoms with Crippen molar-refractivity contribution in [2.24, 2.45) is 0 Å². The first-order chi connectivity index (χ1) is 11.1. The number of aryl methyl sites for hydroxylation is 1. The van der Waals surface area contributed by atoms with Crippen LogP contribution in [0.4, 0.5) is 0 Å². The minimum absolute atomic E-state index is 0.145. The largest absolute Gasteiger partial charge is 0.350 e. The highest BCUT2D eigenvalue weighted by Gasteiger charge is 2.06. The molecule has 0 heterocycles. The molecule has 4 nitrogen and oxygen atoms in total. The van der Waals surface area contributed by atoms with Gasteiger partial charge in [0, 0.05) is 29.2 Å². The molecule has 0 radical (unpaired) electrons. The highest BCUT2D eigenvalue weighted by molar-refractivity contribution is 6.30. The molecular formula is C18H19ClN2O2. The summed E-state index contributed by atoms with van der Waals surface area (Å²) in [5.41, 5.74) is 2.35. The van der Waals surface area contributed by atoms with Crippen LogP contribution in [0.3, 0.4) is 0 Å². The van der Waals surface area contributed by atoms with Crippen molar-refractivity contribution in [3.63, 3.8) is 0 Å². The van der Waals surface area contributed by atoms with Crippen molar-refractivity contribution in [3.05, 3.63) is 70.2 Å². The molecule has 2 N–H and O–H groups in total. The molecule has 0 fully saturated rings. The Morgan fingerprint density at radius 3 is 1.70 bits per heavy atom. The molecule has 0 spiro atoms. The van der Waals surface area contributed by atoms with E-state index < -0.39 is 0 Å². The number of halogens is 1. The third-order valence-corrected chi connectivity index (χ3v) is 3.68. The molecule has 0 aromatic heterocycles. The maximum absolute atomic E-state index is 12.0. The number of carbonyl (C=O) groups is 2. The van der Waals surface area contributed by atoms with Gasteiger partial charge in [0.15, 0.2) is 0 Å². The lowest BCUT2D eigenvalue weighted by molar-refractivity contribution is 0.0927. The van der Waals surface area contributed by atoms with Gasteiger partial charge in [-0.25, -0.2) is 0 Å². The lowest BCUT2D eigenvalue weighted by atomic mass is 10.1. The van der Waals surface area contributed by atoms with E-state index in [2.05, 4.69) is 17.6 Å². The number of hydrogen-bond acceptors (Lipinski definition) is 2. The molecule has 0 aliphatic carbocycles. The van der Waals surface area contributed by atoms with Gasteiger partial charge in [-0.3, -0.25) is 9.59 Å². The summed E-state index contributed by atoms with van der Waals surface area (Å²) >= 11 is 5.78. The van der Waals surface area contributed by atoms with Crippen LogP contribution in [-0.4, -0.2) is 24.9 Å². The number of rotatable bonds is 6. The fourth-order valence-electron chi connectivity index (χ4n) is 2.05. The third-order valence-electron chi connectivity index (χ3n) is 3.43. The average Bonchev–Trinajstić information content (AvgIpc) is 2.59. The molecule has 2 rings (SSSR count). The Hall–Kier alpha value is -2.33. The van der Waals surface area contributed by atoms with Crippen LogP contribution >= 0.6 is 11.6 Å². The smallest absolute Gasteiger partial charge is 0.251 e. The van der Waals surface area contributed by atoms with Crippen LogP contribution in [0.25, 0.3) is 0 Å². The van der Waals surface area contributed by atoms with E-state index in [1.165, 1.54) is 5.56 Å². The summed E-state index contributed by atoms with van der Waals surface area (Å²) in [6.07, 6.45) is 0.943. The number of nitrogens with one attached hydrogen (secondary N) is 2. The Balaban J connectivity index is 1.75. The summed E-state index contributed by atoms with van der Waals surface area (Å²) in [5, 5.41) is 6.11. The van der Waals surface area contributed by atoms with Gasteiger partial charge in [0.05, 0.1) is 0 Å². The van der Waals surface area contributed by atoms with Crippen LogP contribution < -0.4 is 10.6 Å². The van der Waals surface area contributed by atoms with E-state index in [1.807, 2.05) is 12.1 Å². The van der Waals surface area contributed by atoms with Gasteiger partial charge in [-0.15, -0.1) is 0 Å². The van der Waals surface area contributed by atoms with E-state index >= 15 is 0 Å². The lowest BCUT2D eigenvalue weighted by Crippen LogP contribution is -2.34. The van der Waals surface area contributed by atoms with Crippen LogP contribution in [0.2, 0.25) is 5.02 Å². The zero-order valence-electron chi connectivity index (χ0n) is 12.9. The van der Waals surface area contributed by atoms with E-state index in [-0.39, 0.29) is 11.8 Å². The molecule has 2 amide bonds. The van der Waals surface area contributed by atoms with Crippen molar-refractivity contribution in [3.8, 4) is 0 Å². The Morgan fingerprint density at radius 2 is 1.26 bits per heavy atom. The van der Waals surface area contributed by atoms with Crippen LogP contribution in [0.1, 0.15) is 33.2 Å². The first-order valence-corrected chi connectivity index (χ1v) is 7.89. The number of hydrogen-bond donors (Lipinski definition) is 2. The number of amides is 2. The summed E-state index contributed by atoms with van der Waals surface area (Å²) in [5.74, 6) is -0.336. The van der Waals surface area contributed by atoms with Crippen molar-refractivity contribution in [2.45, 2.75) is 13.3 Å². The van der Waals surface area contributed by atoms with E-state index in [9.17, 15) is 9.59 Å². The summed E-state index contributed by atoms with van der Waals surface area (Å²) in [6.45, 7) is 2.80. The van der Waals surface area contributed by atoms with Gasteiger partial charge in [0.25, 0.3) is 11.8 Å². The summed E-state index contributed by atoms with van der Waals surface area (Å²) in [7, 11) is 0. The van der Waals surface area contributed by atoms with Crippen molar-refractivity contribution in [1.82, 2.24) is 10.6 Å². The van der Waals surface area contributed by atoms with Gasteiger partial charge in [0.2, 0.25) is 0 Å². The van der Waals surface area contributed by atoms with E-state index in [0.29, 0.717) is 29.2 Å². The predicted octanol–water partition coefficient (Wildman–Crippen LogP) is 3.06. The molecule has 5 heteroatoms. The maximum Gasteiger partial charge on any atom is 0.251 e. The van der Waals surface area contributed by atoms with Crippen molar-refractivity contribution < 1.29 is 9.59 Å². The second-order valence-corrected chi connectivity index (χ2v) is 5.51. The monoisotopic (exact) mass is 330 g/mol. The molecule has 0 aliphatic heterocycles. The first kappa shape index (κ1) is 17.0. The highest BCUT2D eigenvalue weighted by Crippen LogP contribution is 2.09. The second-order valence-electron chi connectivity index (χ2n) is 5.07. The molecule has 0 bridgehead atoms. The molecule has 2 aromatic carbocycles.